The zero-order valence-corrected chi connectivity index (χ0v) is 16.1. The van der Waals surface area contributed by atoms with Crippen LogP contribution in [-0.2, 0) is 6.54 Å². The minimum atomic E-state index is -0.428. The van der Waals surface area contributed by atoms with Crippen LogP contribution in [-0.4, -0.2) is 16.9 Å². The molecule has 1 heterocycles. The first kappa shape index (κ1) is 18.4. The van der Waals surface area contributed by atoms with Gasteiger partial charge in [0.25, 0.3) is 0 Å². The van der Waals surface area contributed by atoms with Crippen molar-refractivity contribution in [1.82, 2.24) is 9.78 Å². The average molecular weight is 399 g/mol. The van der Waals surface area contributed by atoms with Crippen LogP contribution in [0.4, 0.5) is 8.78 Å². The number of benzene rings is 3. The molecule has 0 radical (unpaired) electrons. The van der Waals surface area contributed by atoms with E-state index in [0.29, 0.717) is 21.7 Å². The van der Waals surface area contributed by atoms with Crippen LogP contribution < -0.4 is 4.74 Å². The molecule has 0 fully saturated rings. The minimum Gasteiger partial charge on any atom is -0.497 e. The van der Waals surface area contributed by atoms with Crippen LogP contribution in [0.15, 0.2) is 54.6 Å². The molecule has 0 saturated heterocycles. The summed E-state index contributed by atoms with van der Waals surface area (Å²) in [5.74, 6) is -0.131. The van der Waals surface area contributed by atoms with Crippen molar-refractivity contribution >= 4 is 22.5 Å². The summed E-state index contributed by atoms with van der Waals surface area (Å²) in [6.45, 7) is 2.02. The molecule has 6 heteroatoms. The predicted octanol–water partition coefficient (Wildman–Crippen LogP) is 6.00. The number of rotatable bonds is 4. The van der Waals surface area contributed by atoms with Crippen LogP contribution in [0.25, 0.3) is 22.2 Å². The highest BCUT2D eigenvalue weighted by Gasteiger charge is 2.19. The third-order valence-corrected chi connectivity index (χ3v) is 5.13. The summed E-state index contributed by atoms with van der Waals surface area (Å²) in [6.07, 6.45) is 0. The van der Waals surface area contributed by atoms with E-state index in [9.17, 15) is 8.78 Å². The quantitative estimate of drug-likeness (QED) is 0.421. The summed E-state index contributed by atoms with van der Waals surface area (Å²) in [7, 11) is 1.60. The molecule has 28 heavy (non-hydrogen) atoms. The van der Waals surface area contributed by atoms with Gasteiger partial charge in [0, 0.05) is 21.5 Å². The first-order chi connectivity index (χ1) is 13.5. The zero-order chi connectivity index (χ0) is 19.8. The normalized spacial score (nSPS) is 11.2. The lowest BCUT2D eigenvalue weighted by Crippen LogP contribution is -2.07. The molecule has 0 aliphatic rings. The smallest absolute Gasteiger partial charge is 0.151 e. The van der Waals surface area contributed by atoms with Gasteiger partial charge in [-0.3, -0.25) is 4.68 Å². The summed E-state index contributed by atoms with van der Waals surface area (Å²) < 4.78 is 35.7. The lowest BCUT2D eigenvalue weighted by molar-refractivity contribution is 0.414. The highest BCUT2D eigenvalue weighted by molar-refractivity contribution is 6.31. The van der Waals surface area contributed by atoms with Gasteiger partial charge in [0.1, 0.15) is 17.1 Å². The van der Waals surface area contributed by atoms with Gasteiger partial charge in [-0.05, 0) is 48.9 Å². The minimum absolute atomic E-state index is 0.0838. The Morgan fingerprint density at radius 1 is 1.04 bits per heavy atom. The molecule has 0 bridgehead atoms. The van der Waals surface area contributed by atoms with Gasteiger partial charge in [-0.15, -0.1) is 0 Å². The van der Waals surface area contributed by atoms with Gasteiger partial charge >= 0.3 is 0 Å². The van der Waals surface area contributed by atoms with Gasteiger partial charge < -0.3 is 4.74 Å². The van der Waals surface area contributed by atoms with E-state index in [4.69, 9.17) is 16.3 Å². The van der Waals surface area contributed by atoms with Crippen LogP contribution in [0.5, 0.6) is 5.75 Å². The summed E-state index contributed by atoms with van der Waals surface area (Å²) in [4.78, 5) is 0. The van der Waals surface area contributed by atoms with Crippen molar-refractivity contribution in [3.63, 3.8) is 0 Å². The van der Waals surface area contributed by atoms with Crippen molar-refractivity contribution in [3.8, 4) is 17.0 Å². The Morgan fingerprint density at radius 3 is 2.50 bits per heavy atom. The van der Waals surface area contributed by atoms with E-state index in [1.165, 1.54) is 12.1 Å². The fourth-order valence-corrected chi connectivity index (χ4v) is 3.60. The SMILES string of the molecule is COc1ccc(-c2c3cccc(F)c3nn2Cc2c(F)cccc2Cl)c(C)c1. The Kier molecular flexibility index (Phi) is 4.77. The third-order valence-electron chi connectivity index (χ3n) is 4.78. The van der Waals surface area contributed by atoms with Gasteiger partial charge in [0.2, 0.25) is 0 Å². The molecule has 142 valence electrons. The second-order valence-corrected chi connectivity index (χ2v) is 6.93. The molecule has 0 unspecified atom stereocenters. The maximum atomic E-state index is 14.4. The summed E-state index contributed by atoms with van der Waals surface area (Å²) in [5.41, 5.74) is 3.05. The van der Waals surface area contributed by atoms with E-state index in [1.807, 2.05) is 31.2 Å². The molecule has 0 aliphatic carbocycles. The molecule has 0 aliphatic heterocycles. The lowest BCUT2D eigenvalue weighted by Gasteiger charge is -2.13. The summed E-state index contributed by atoms with van der Waals surface area (Å²) in [5, 5.41) is 5.39. The largest absolute Gasteiger partial charge is 0.497 e. The van der Waals surface area contributed by atoms with Gasteiger partial charge in [-0.25, -0.2) is 8.78 Å². The highest BCUT2D eigenvalue weighted by Crippen LogP contribution is 2.34. The van der Waals surface area contributed by atoms with Crippen molar-refractivity contribution < 1.29 is 13.5 Å². The molecule has 0 saturated carbocycles. The van der Waals surface area contributed by atoms with Crippen LogP contribution >= 0.6 is 11.6 Å². The maximum absolute atomic E-state index is 14.4. The van der Waals surface area contributed by atoms with Crippen LogP contribution in [0, 0.1) is 18.6 Å². The zero-order valence-electron chi connectivity index (χ0n) is 15.3. The lowest BCUT2D eigenvalue weighted by atomic mass is 10.0. The number of ether oxygens (including phenoxy) is 1. The standard InChI is InChI=1S/C22H17ClF2N2O/c1-13-11-14(28-2)9-10-15(13)22-16-5-3-8-20(25)21(16)26-27(22)12-17-18(23)6-4-7-19(17)24/h3-11H,12H2,1-2H3. The van der Waals surface area contributed by atoms with E-state index in [2.05, 4.69) is 5.10 Å². The van der Waals surface area contributed by atoms with E-state index < -0.39 is 11.6 Å². The molecular weight excluding hydrogens is 382 g/mol. The molecule has 4 aromatic rings. The van der Waals surface area contributed by atoms with Crippen LogP contribution in [0.2, 0.25) is 5.02 Å². The number of fused-ring (bicyclic) bond motifs is 1. The number of nitrogens with zero attached hydrogens (tertiary/aromatic N) is 2. The molecule has 0 amide bonds. The number of methoxy groups -OCH3 is 1. The molecule has 3 aromatic carbocycles. The van der Waals surface area contributed by atoms with Crippen LogP contribution in [0.3, 0.4) is 0 Å². The van der Waals surface area contributed by atoms with E-state index >= 15 is 0 Å². The summed E-state index contributed by atoms with van der Waals surface area (Å²) in [6, 6.07) is 15.0. The molecule has 0 spiro atoms. The highest BCUT2D eigenvalue weighted by atomic mass is 35.5. The number of aryl methyl sites for hydroxylation is 1. The maximum Gasteiger partial charge on any atom is 0.151 e. The molecule has 4 rings (SSSR count). The Morgan fingerprint density at radius 2 is 1.79 bits per heavy atom. The van der Waals surface area contributed by atoms with Gasteiger partial charge in [0.05, 0.1) is 19.3 Å². The Balaban J connectivity index is 1.97. The van der Waals surface area contributed by atoms with E-state index in [-0.39, 0.29) is 12.1 Å². The summed E-state index contributed by atoms with van der Waals surface area (Å²) >= 11 is 6.21. The fraction of sp³-hybridized carbons (Fsp3) is 0.136. The number of aromatic nitrogens is 2. The van der Waals surface area contributed by atoms with Crippen molar-refractivity contribution in [2.24, 2.45) is 0 Å². The Labute approximate surface area is 166 Å². The van der Waals surface area contributed by atoms with E-state index in [1.54, 1.807) is 30.0 Å². The topological polar surface area (TPSA) is 27.1 Å². The first-order valence-electron chi connectivity index (χ1n) is 8.72. The van der Waals surface area contributed by atoms with Crippen molar-refractivity contribution in [1.29, 1.82) is 0 Å². The van der Waals surface area contributed by atoms with Crippen molar-refractivity contribution in [3.05, 3.63) is 82.4 Å². The number of halogens is 3. The second-order valence-electron chi connectivity index (χ2n) is 6.52. The van der Waals surface area contributed by atoms with Gasteiger partial charge in [0.15, 0.2) is 5.82 Å². The average Bonchev–Trinajstić information content (AvgIpc) is 3.04. The van der Waals surface area contributed by atoms with Gasteiger partial charge in [-0.2, -0.15) is 5.10 Å². The van der Waals surface area contributed by atoms with Crippen LogP contribution in [0.1, 0.15) is 11.1 Å². The van der Waals surface area contributed by atoms with E-state index in [0.717, 1.165) is 16.9 Å². The molecule has 1 aromatic heterocycles. The van der Waals surface area contributed by atoms with Gasteiger partial charge in [-0.1, -0.05) is 29.8 Å². The number of hydrogen-bond donors (Lipinski definition) is 0. The molecule has 0 atom stereocenters. The number of hydrogen-bond acceptors (Lipinski definition) is 2. The predicted molar refractivity (Wildman–Crippen MR) is 107 cm³/mol. The first-order valence-corrected chi connectivity index (χ1v) is 9.10. The van der Waals surface area contributed by atoms with Crippen molar-refractivity contribution in [2.45, 2.75) is 13.5 Å². The molecular formula is C22H17ClF2N2O. The third kappa shape index (κ3) is 3.12. The Hall–Kier alpha value is -2.92. The second kappa shape index (κ2) is 7.24. The monoisotopic (exact) mass is 398 g/mol. The fourth-order valence-electron chi connectivity index (χ4n) is 3.38. The Bertz CT molecular complexity index is 1170. The van der Waals surface area contributed by atoms with Crippen molar-refractivity contribution in [2.75, 3.05) is 7.11 Å². The molecule has 0 N–H and O–H groups in total. The molecule has 3 nitrogen and oxygen atoms in total.